The third kappa shape index (κ3) is 3.43. The molecule has 2 aromatic rings. The first-order valence-electron chi connectivity index (χ1n) is 7.63. The Morgan fingerprint density at radius 1 is 1.25 bits per heavy atom. The number of hydrogen-bond donors (Lipinski definition) is 2. The molecule has 0 bridgehead atoms. The molecule has 1 aliphatic heterocycles. The number of aryl methyl sites for hydroxylation is 1. The predicted molar refractivity (Wildman–Crippen MR) is 87.9 cm³/mol. The average Bonchev–Trinajstić information content (AvgIpc) is 3.05. The maximum Gasteiger partial charge on any atom is 0.305 e. The van der Waals surface area contributed by atoms with Crippen LogP contribution in [0.4, 0.5) is 0 Å². The van der Waals surface area contributed by atoms with Crippen LogP contribution in [0.2, 0.25) is 0 Å². The zero-order valence-corrected chi connectivity index (χ0v) is 14.0. The molecular formula is C16H18N2O5S. The topological polar surface area (TPSA) is 105 Å². The molecule has 2 N–H and O–H groups in total. The molecule has 128 valence electrons. The number of carbonyl (C=O) groups is 2. The number of fused-ring (bicyclic) bond motifs is 1. The molecule has 0 saturated carbocycles. The summed E-state index contributed by atoms with van der Waals surface area (Å²) in [5.74, 6) is -0.873. The number of nitrogens with one attached hydrogen (secondary N) is 2. The Morgan fingerprint density at radius 3 is 2.67 bits per heavy atom. The minimum atomic E-state index is -3.02. The summed E-state index contributed by atoms with van der Waals surface area (Å²) in [6.45, 7) is 1.77. The lowest BCUT2D eigenvalue weighted by Crippen LogP contribution is -2.42. The summed E-state index contributed by atoms with van der Waals surface area (Å²) in [5.41, 5.74) is 5.92. The van der Waals surface area contributed by atoms with Gasteiger partial charge in [0.05, 0.1) is 11.5 Å². The van der Waals surface area contributed by atoms with Crippen molar-refractivity contribution in [2.45, 2.75) is 19.8 Å². The van der Waals surface area contributed by atoms with Crippen LogP contribution in [0.25, 0.3) is 11.0 Å². The van der Waals surface area contributed by atoms with E-state index in [1.54, 1.807) is 13.0 Å². The van der Waals surface area contributed by atoms with E-state index in [9.17, 15) is 18.0 Å². The van der Waals surface area contributed by atoms with Gasteiger partial charge in [0.1, 0.15) is 5.58 Å². The Labute approximate surface area is 139 Å². The van der Waals surface area contributed by atoms with Gasteiger partial charge in [0.15, 0.2) is 15.6 Å². The van der Waals surface area contributed by atoms with Gasteiger partial charge < -0.3 is 4.42 Å². The van der Waals surface area contributed by atoms with E-state index < -0.39 is 21.7 Å². The van der Waals surface area contributed by atoms with Crippen LogP contribution in [0.3, 0.4) is 0 Å². The van der Waals surface area contributed by atoms with Gasteiger partial charge in [-0.05, 0) is 25.3 Å². The van der Waals surface area contributed by atoms with Gasteiger partial charge in [-0.1, -0.05) is 18.2 Å². The molecule has 1 fully saturated rings. The van der Waals surface area contributed by atoms with Gasteiger partial charge in [-0.3, -0.25) is 20.4 Å². The van der Waals surface area contributed by atoms with Gasteiger partial charge in [-0.15, -0.1) is 0 Å². The largest absolute Gasteiger partial charge is 0.451 e. The van der Waals surface area contributed by atoms with Crippen LogP contribution in [-0.4, -0.2) is 31.7 Å². The highest BCUT2D eigenvalue weighted by Crippen LogP contribution is 2.24. The van der Waals surface area contributed by atoms with Crippen LogP contribution in [0.15, 0.2) is 28.7 Å². The molecule has 0 radical (unpaired) electrons. The van der Waals surface area contributed by atoms with Crippen molar-refractivity contribution in [1.82, 2.24) is 10.9 Å². The second-order valence-corrected chi connectivity index (χ2v) is 8.26. The molecule has 1 aromatic carbocycles. The monoisotopic (exact) mass is 350 g/mol. The normalized spacial score (nSPS) is 19.3. The number of para-hydroxylation sites is 1. The number of benzene rings is 1. The lowest BCUT2D eigenvalue weighted by Gasteiger charge is -2.09. The Balaban J connectivity index is 1.58. The van der Waals surface area contributed by atoms with E-state index in [1.165, 1.54) is 0 Å². The van der Waals surface area contributed by atoms with E-state index in [0.29, 0.717) is 17.6 Å². The fourth-order valence-corrected chi connectivity index (χ4v) is 4.78. The molecule has 0 spiro atoms. The predicted octanol–water partition coefficient (Wildman–Crippen LogP) is 1.33. The quantitative estimate of drug-likeness (QED) is 0.813. The van der Waals surface area contributed by atoms with Gasteiger partial charge in [-0.25, -0.2) is 8.42 Å². The van der Waals surface area contributed by atoms with Crippen LogP contribution in [-0.2, 0) is 14.6 Å². The van der Waals surface area contributed by atoms with Crippen LogP contribution in [0, 0.1) is 12.8 Å². The maximum absolute atomic E-state index is 12.2. The molecule has 0 unspecified atom stereocenters. The first-order chi connectivity index (χ1) is 11.4. The standard InChI is InChI=1S/C16H18N2O5S/c1-10-12-4-2-3-5-13(12)23-15(10)16(20)18-17-14(19)8-11-6-7-24(21,22)9-11/h2-5,11H,6-9H2,1H3,(H,17,19)(H,18,20)/t11-/m0/s1. The van der Waals surface area contributed by atoms with Crippen LogP contribution < -0.4 is 10.9 Å². The number of furan rings is 1. The van der Waals surface area contributed by atoms with Crippen molar-refractivity contribution >= 4 is 32.6 Å². The van der Waals surface area contributed by atoms with Crippen molar-refractivity contribution in [3.05, 3.63) is 35.6 Å². The Bertz CT molecular complexity index is 900. The summed E-state index contributed by atoms with van der Waals surface area (Å²) >= 11 is 0. The molecule has 1 aromatic heterocycles. The van der Waals surface area contributed by atoms with E-state index in [4.69, 9.17) is 4.42 Å². The SMILES string of the molecule is Cc1c(C(=O)NNC(=O)C[C@@H]2CCS(=O)(=O)C2)oc2ccccc12. The van der Waals surface area contributed by atoms with Crippen LogP contribution >= 0.6 is 0 Å². The molecule has 7 nitrogen and oxygen atoms in total. The van der Waals surface area contributed by atoms with Crippen molar-refractivity contribution in [3.8, 4) is 0 Å². The van der Waals surface area contributed by atoms with Crippen molar-refractivity contribution < 1.29 is 22.4 Å². The Morgan fingerprint density at radius 2 is 2.00 bits per heavy atom. The van der Waals surface area contributed by atoms with Gasteiger partial charge >= 0.3 is 5.91 Å². The fraction of sp³-hybridized carbons (Fsp3) is 0.375. The summed E-state index contributed by atoms with van der Waals surface area (Å²) in [5, 5.41) is 0.838. The molecule has 3 rings (SSSR count). The van der Waals surface area contributed by atoms with Crippen molar-refractivity contribution in [3.63, 3.8) is 0 Å². The third-order valence-electron chi connectivity index (χ3n) is 4.17. The number of carbonyl (C=O) groups excluding carboxylic acids is 2. The molecular weight excluding hydrogens is 332 g/mol. The van der Waals surface area contributed by atoms with E-state index in [1.807, 2.05) is 18.2 Å². The van der Waals surface area contributed by atoms with E-state index >= 15 is 0 Å². The lowest BCUT2D eigenvalue weighted by atomic mass is 10.1. The molecule has 0 aliphatic carbocycles. The molecule has 8 heteroatoms. The highest BCUT2D eigenvalue weighted by molar-refractivity contribution is 7.91. The summed E-state index contributed by atoms with van der Waals surface area (Å²) in [6.07, 6.45) is 0.547. The lowest BCUT2D eigenvalue weighted by molar-refractivity contribution is -0.122. The molecule has 2 amide bonds. The maximum atomic E-state index is 12.2. The molecule has 1 saturated heterocycles. The first kappa shape index (κ1) is 16.5. The molecule has 1 atom stereocenters. The number of amides is 2. The fourth-order valence-electron chi connectivity index (χ4n) is 2.92. The highest BCUT2D eigenvalue weighted by atomic mass is 32.2. The second kappa shape index (κ2) is 6.27. The molecule has 2 heterocycles. The zero-order chi connectivity index (χ0) is 17.3. The van der Waals surface area contributed by atoms with E-state index in [2.05, 4.69) is 10.9 Å². The minimum Gasteiger partial charge on any atom is -0.451 e. The average molecular weight is 350 g/mol. The van der Waals surface area contributed by atoms with Crippen LogP contribution in [0.5, 0.6) is 0 Å². The summed E-state index contributed by atoms with van der Waals surface area (Å²) in [7, 11) is -3.02. The number of rotatable bonds is 3. The number of sulfone groups is 1. The Hall–Kier alpha value is -2.35. The molecule has 24 heavy (non-hydrogen) atoms. The van der Waals surface area contributed by atoms with Gasteiger partial charge in [0.2, 0.25) is 5.91 Å². The van der Waals surface area contributed by atoms with E-state index in [-0.39, 0.29) is 29.6 Å². The van der Waals surface area contributed by atoms with Gasteiger partial charge in [-0.2, -0.15) is 0 Å². The van der Waals surface area contributed by atoms with Crippen molar-refractivity contribution in [1.29, 1.82) is 0 Å². The summed E-state index contributed by atoms with van der Waals surface area (Å²) in [6, 6.07) is 7.27. The smallest absolute Gasteiger partial charge is 0.305 e. The summed E-state index contributed by atoms with van der Waals surface area (Å²) in [4.78, 5) is 24.0. The first-order valence-corrected chi connectivity index (χ1v) is 9.45. The zero-order valence-electron chi connectivity index (χ0n) is 13.2. The van der Waals surface area contributed by atoms with Crippen molar-refractivity contribution in [2.24, 2.45) is 5.92 Å². The third-order valence-corrected chi connectivity index (χ3v) is 6.00. The minimum absolute atomic E-state index is 0.0248. The van der Waals surface area contributed by atoms with Gasteiger partial charge in [0.25, 0.3) is 0 Å². The number of hydrogen-bond acceptors (Lipinski definition) is 5. The number of hydrazine groups is 1. The summed E-state index contributed by atoms with van der Waals surface area (Å²) < 4.78 is 28.3. The molecule has 1 aliphatic rings. The van der Waals surface area contributed by atoms with Crippen molar-refractivity contribution in [2.75, 3.05) is 11.5 Å². The van der Waals surface area contributed by atoms with Crippen LogP contribution in [0.1, 0.15) is 29.0 Å². The van der Waals surface area contributed by atoms with E-state index in [0.717, 1.165) is 5.39 Å². The second-order valence-electron chi connectivity index (χ2n) is 6.03. The van der Waals surface area contributed by atoms with Gasteiger partial charge in [0, 0.05) is 17.4 Å². The Kier molecular flexibility index (Phi) is 4.31. The highest BCUT2D eigenvalue weighted by Gasteiger charge is 2.29.